The molecule has 0 radical (unpaired) electrons. The van der Waals surface area contributed by atoms with Gasteiger partial charge < -0.3 is 24.7 Å². The van der Waals surface area contributed by atoms with Crippen molar-refractivity contribution in [3.05, 3.63) is 30.3 Å². The fourth-order valence-electron chi connectivity index (χ4n) is 0.948. The fourth-order valence-corrected chi connectivity index (χ4v) is 1.98. The van der Waals surface area contributed by atoms with Crippen molar-refractivity contribution < 1.29 is 34.1 Å². The highest BCUT2D eigenvalue weighted by atomic mass is 31.2. The third-order valence-electron chi connectivity index (χ3n) is 1.76. The van der Waals surface area contributed by atoms with Crippen LogP contribution in [0.1, 0.15) is 6.42 Å². The molecule has 0 heterocycles. The van der Waals surface area contributed by atoms with Crippen LogP contribution in [0.5, 0.6) is 0 Å². The lowest BCUT2D eigenvalue weighted by atomic mass is 10.4. The molecule has 8 heteroatoms. The summed E-state index contributed by atoms with van der Waals surface area (Å²) in [6, 6.07) is 7.85. The van der Waals surface area contributed by atoms with Crippen molar-refractivity contribution in [3.63, 3.8) is 0 Å². The SMILES string of the molecule is O=C(O)CCOP(=O)(O)c1ccccc1.OCCO. The normalized spacial score (nSPS) is 13.0. The van der Waals surface area contributed by atoms with Crippen LogP contribution in [0.2, 0.25) is 0 Å². The molecule has 4 N–H and O–H groups in total. The van der Waals surface area contributed by atoms with Crippen LogP contribution in [-0.4, -0.2) is 46.0 Å². The summed E-state index contributed by atoms with van der Waals surface area (Å²) in [4.78, 5) is 19.6. The van der Waals surface area contributed by atoms with Crippen LogP contribution in [0.25, 0.3) is 0 Å². The second-order valence-electron chi connectivity index (χ2n) is 3.28. The van der Waals surface area contributed by atoms with E-state index in [0.717, 1.165) is 0 Å². The number of rotatable bonds is 6. The molecule has 1 unspecified atom stereocenters. The van der Waals surface area contributed by atoms with Crippen molar-refractivity contribution >= 4 is 18.9 Å². The van der Waals surface area contributed by atoms with E-state index in [9.17, 15) is 14.3 Å². The minimum Gasteiger partial charge on any atom is -0.481 e. The van der Waals surface area contributed by atoms with Gasteiger partial charge in [-0.3, -0.25) is 9.36 Å². The first-order chi connectivity index (χ1) is 8.94. The molecule has 0 amide bonds. The zero-order chi connectivity index (χ0) is 14.7. The Labute approximate surface area is 110 Å². The predicted octanol–water partition coefficient (Wildman–Crippen LogP) is -0.0404. The number of carboxylic acid groups (broad SMARTS) is 1. The Balaban J connectivity index is 0.000000711. The first-order valence-corrected chi connectivity index (χ1v) is 6.98. The third kappa shape index (κ3) is 8.47. The molecule has 0 aliphatic carbocycles. The van der Waals surface area contributed by atoms with Gasteiger partial charge in [-0.2, -0.15) is 0 Å². The third-order valence-corrected chi connectivity index (χ3v) is 3.25. The molecular formula is C11H17O7P. The number of aliphatic hydroxyl groups excluding tert-OH is 2. The van der Waals surface area contributed by atoms with Crippen molar-refractivity contribution in [1.82, 2.24) is 0 Å². The van der Waals surface area contributed by atoms with E-state index in [1.165, 1.54) is 12.1 Å². The number of hydrogen-bond donors (Lipinski definition) is 4. The van der Waals surface area contributed by atoms with E-state index in [4.69, 9.17) is 15.3 Å². The van der Waals surface area contributed by atoms with Crippen LogP contribution in [0.3, 0.4) is 0 Å². The molecule has 0 saturated carbocycles. The number of aliphatic hydroxyl groups is 2. The molecule has 0 aliphatic rings. The van der Waals surface area contributed by atoms with Gasteiger partial charge in [0, 0.05) is 0 Å². The molecule has 1 rings (SSSR count). The lowest BCUT2D eigenvalue weighted by molar-refractivity contribution is -0.137. The number of hydrogen-bond acceptors (Lipinski definition) is 5. The van der Waals surface area contributed by atoms with Gasteiger partial charge in [0.05, 0.1) is 31.5 Å². The minimum atomic E-state index is -3.86. The van der Waals surface area contributed by atoms with Crippen LogP contribution >= 0.6 is 7.60 Å². The van der Waals surface area contributed by atoms with Crippen LogP contribution in [0.4, 0.5) is 0 Å². The van der Waals surface area contributed by atoms with Crippen molar-refractivity contribution in [2.75, 3.05) is 19.8 Å². The molecular weight excluding hydrogens is 275 g/mol. The quantitative estimate of drug-likeness (QED) is 0.542. The van der Waals surface area contributed by atoms with Gasteiger partial charge in [0.1, 0.15) is 0 Å². The van der Waals surface area contributed by atoms with Gasteiger partial charge >= 0.3 is 13.6 Å². The first kappa shape index (κ1) is 17.8. The summed E-state index contributed by atoms with van der Waals surface area (Å²) in [7, 11) is -3.86. The average Bonchev–Trinajstić information content (AvgIpc) is 2.39. The van der Waals surface area contributed by atoms with Crippen LogP contribution in [0, 0.1) is 0 Å². The van der Waals surface area contributed by atoms with E-state index in [1.807, 2.05) is 0 Å². The van der Waals surface area contributed by atoms with Gasteiger partial charge in [-0.25, -0.2) is 0 Å². The molecule has 19 heavy (non-hydrogen) atoms. The fraction of sp³-hybridized carbons (Fsp3) is 0.364. The summed E-state index contributed by atoms with van der Waals surface area (Å²) < 4.78 is 16.2. The summed E-state index contributed by atoms with van der Waals surface area (Å²) in [5, 5.41) is 23.7. The molecule has 0 bridgehead atoms. The Morgan fingerprint density at radius 3 is 2.11 bits per heavy atom. The summed E-state index contributed by atoms with van der Waals surface area (Å²) in [6.45, 7) is -0.530. The Hall–Kier alpha value is -1.24. The van der Waals surface area contributed by atoms with E-state index < -0.39 is 13.6 Å². The van der Waals surface area contributed by atoms with Gasteiger partial charge in [-0.15, -0.1) is 0 Å². The minimum absolute atomic E-state index is 0.125. The highest BCUT2D eigenvalue weighted by molar-refractivity contribution is 7.61. The van der Waals surface area contributed by atoms with Crippen LogP contribution in [0.15, 0.2) is 30.3 Å². The van der Waals surface area contributed by atoms with Gasteiger partial charge in [0.2, 0.25) is 0 Å². The number of benzene rings is 1. The lowest BCUT2D eigenvalue weighted by Gasteiger charge is -2.10. The van der Waals surface area contributed by atoms with Gasteiger partial charge in [0.15, 0.2) is 0 Å². The highest BCUT2D eigenvalue weighted by Crippen LogP contribution is 2.40. The molecule has 0 aromatic heterocycles. The summed E-state index contributed by atoms with van der Waals surface area (Å²) in [5.74, 6) is -1.07. The molecule has 1 aromatic carbocycles. The van der Waals surface area contributed by atoms with E-state index in [-0.39, 0.29) is 31.5 Å². The monoisotopic (exact) mass is 292 g/mol. The highest BCUT2D eigenvalue weighted by Gasteiger charge is 2.22. The van der Waals surface area contributed by atoms with Crippen molar-refractivity contribution in [2.24, 2.45) is 0 Å². The maximum absolute atomic E-state index is 11.5. The summed E-state index contributed by atoms with van der Waals surface area (Å²) >= 11 is 0. The molecule has 1 aromatic rings. The molecule has 0 fully saturated rings. The van der Waals surface area contributed by atoms with Crippen LogP contribution in [-0.2, 0) is 13.9 Å². The standard InChI is InChI=1S/C9H11O5P.C2H6O2/c10-9(11)6-7-14-15(12,13)8-4-2-1-3-5-8;3-1-2-4/h1-5H,6-7H2,(H,10,11)(H,12,13);3-4H,1-2H2. The topological polar surface area (TPSA) is 124 Å². The Morgan fingerprint density at radius 2 is 1.68 bits per heavy atom. The lowest BCUT2D eigenvalue weighted by Crippen LogP contribution is -2.09. The maximum atomic E-state index is 11.5. The molecule has 0 spiro atoms. The maximum Gasteiger partial charge on any atom is 0.358 e. The molecule has 0 aliphatic heterocycles. The van der Waals surface area contributed by atoms with Gasteiger partial charge in [-0.1, -0.05) is 18.2 Å². The second kappa shape index (κ2) is 9.66. The Bertz CT molecular complexity index is 405. The molecule has 108 valence electrons. The number of aliphatic carboxylic acids is 1. The largest absolute Gasteiger partial charge is 0.481 e. The Morgan fingerprint density at radius 1 is 1.16 bits per heavy atom. The first-order valence-electron chi connectivity index (χ1n) is 5.40. The second-order valence-corrected chi connectivity index (χ2v) is 5.10. The summed E-state index contributed by atoms with van der Waals surface area (Å²) in [6.07, 6.45) is -0.294. The van der Waals surface area contributed by atoms with E-state index in [0.29, 0.717) is 0 Å². The van der Waals surface area contributed by atoms with Gasteiger partial charge in [-0.05, 0) is 12.1 Å². The van der Waals surface area contributed by atoms with E-state index >= 15 is 0 Å². The predicted molar refractivity (Wildman–Crippen MR) is 68.3 cm³/mol. The van der Waals surface area contributed by atoms with Gasteiger partial charge in [0.25, 0.3) is 0 Å². The summed E-state index contributed by atoms with van der Waals surface area (Å²) in [5.41, 5.74) is 0. The average molecular weight is 292 g/mol. The van der Waals surface area contributed by atoms with Crippen molar-refractivity contribution in [2.45, 2.75) is 6.42 Å². The molecule has 7 nitrogen and oxygen atoms in total. The van der Waals surface area contributed by atoms with Crippen LogP contribution < -0.4 is 5.30 Å². The zero-order valence-corrected chi connectivity index (χ0v) is 11.1. The smallest absolute Gasteiger partial charge is 0.358 e. The zero-order valence-electron chi connectivity index (χ0n) is 10.2. The van der Waals surface area contributed by atoms with E-state index in [1.54, 1.807) is 18.2 Å². The molecule has 0 saturated heterocycles. The Kier molecular flexibility index (Phi) is 9.03. The van der Waals surface area contributed by atoms with E-state index in [2.05, 4.69) is 4.52 Å². The number of carbonyl (C=O) groups is 1. The molecule has 1 atom stereocenters. The van der Waals surface area contributed by atoms with Crippen molar-refractivity contribution in [1.29, 1.82) is 0 Å². The number of carboxylic acids is 1. The van der Waals surface area contributed by atoms with Crippen molar-refractivity contribution in [3.8, 4) is 0 Å².